The molecular weight excluding hydrogens is 304 g/mol. The third-order valence-electron chi connectivity index (χ3n) is 3.39. The van der Waals surface area contributed by atoms with Crippen LogP contribution in [0.5, 0.6) is 0 Å². The monoisotopic (exact) mass is 320 g/mol. The maximum absolute atomic E-state index is 6.05. The van der Waals surface area contributed by atoms with Crippen LogP contribution in [0.15, 0.2) is 28.7 Å². The van der Waals surface area contributed by atoms with E-state index in [0.29, 0.717) is 0 Å². The molecule has 0 saturated heterocycles. The highest BCUT2D eigenvalue weighted by atomic mass is 35.5. The minimum Gasteiger partial charge on any atom is -0.459 e. The van der Waals surface area contributed by atoms with Crippen molar-refractivity contribution in [1.82, 2.24) is 10.3 Å². The highest BCUT2D eigenvalue weighted by Crippen LogP contribution is 2.33. The predicted octanol–water partition coefficient (Wildman–Crippen LogP) is 4.86. The molecule has 2 aromatic heterocycles. The number of hydrogen-bond donors (Lipinski definition) is 1. The quantitative estimate of drug-likeness (QED) is 0.746. The molecule has 1 aromatic carbocycles. The van der Waals surface area contributed by atoms with Crippen molar-refractivity contribution in [2.24, 2.45) is 0 Å². The highest BCUT2D eigenvalue weighted by Gasteiger charge is 2.22. The topological polar surface area (TPSA) is 38.1 Å². The molecule has 1 N–H and O–H groups in total. The highest BCUT2D eigenvalue weighted by molar-refractivity contribution is 7.11. The van der Waals surface area contributed by atoms with E-state index < -0.39 is 0 Å². The lowest BCUT2D eigenvalue weighted by atomic mass is 10.1. The van der Waals surface area contributed by atoms with Crippen LogP contribution in [0.2, 0.25) is 5.02 Å². The Labute approximate surface area is 133 Å². The second kappa shape index (κ2) is 5.79. The van der Waals surface area contributed by atoms with E-state index in [0.717, 1.165) is 39.0 Å². The van der Waals surface area contributed by atoms with Gasteiger partial charge in [-0.15, -0.1) is 11.3 Å². The zero-order valence-electron chi connectivity index (χ0n) is 12.2. The maximum atomic E-state index is 6.05. The van der Waals surface area contributed by atoms with Crippen LogP contribution >= 0.6 is 22.9 Å². The summed E-state index contributed by atoms with van der Waals surface area (Å²) in [7, 11) is 0. The van der Waals surface area contributed by atoms with Crippen molar-refractivity contribution in [2.45, 2.75) is 26.8 Å². The molecule has 0 aliphatic rings. The van der Waals surface area contributed by atoms with Crippen molar-refractivity contribution >= 4 is 33.9 Å². The molecule has 3 nitrogen and oxygen atoms in total. The number of thiazole rings is 1. The van der Waals surface area contributed by atoms with E-state index in [1.165, 1.54) is 4.88 Å². The molecule has 3 aromatic rings. The summed E-state index contributed by atoms with van der Waals surface area (Å²) < 4.78 is 6.01. The average Bonchev–Trinajstić information content (AvgIpc) is 2.98. The summed E-state index contributed by atoms with van der Waals surface area (Å²) >= 11 is 7.76. The van der Waals surface area contributed by atoms with E-state index in [-0.39, 0.29) is 6.04 Å². The van der Waals surface area contributed by atoms with Crippen LogP contribution in [-0.2, 0) is 0 Å². The molecule has 5 heteroatoms. The Morgan fingerprint density at radius 3 is 2.81 bits per heavy atom. The number of fused-ring (bicyclic) bond motifs is 1. The van der Waals surface area contributed by atoms with Gasteiger partial charge in [0.15, 0.2) is 0 Å². The van der Waals surface area contributed by atoms with Crippen molar-refractivity contribution < 1.29 is 4.42 Å². The molecule has 1 unspecified atom stereocenters. The number of aromatic nitrogens is 1. The van der Waals surface area contributed by atoms with Gasteiger partial charge in [0.1, 0.15) is 17.4 Å². The zero-order valence-corrected chi connectivity index (χ0v) is 13.8. The van der Waals surface area contributed by atoms with Gasteiger partial charge in [-0.1, -0.05) is 18.5 Å². The summed E-state index contributed by atoms with van der Waals surface area (Å²) in [6, 6.07) is 7.78. The second-order valence-corrected chi connectivity index (χ2v) is 6.68. The lowest BCUT2D eigenvalue weighted by molar-refractivity contribution is 0.479. The first-order valence-corrected chi connectivity index (χ1v) is 8.14. The van der Waals surface area contributed by atoms with Gasteiger partial charge in [-0.2, -0.15) is 0 Å². The van der Waals surface area contributed by atoms with E-state index >= 15 is 0 Å². The number of nitrogens with zero attached hydrogens (tertiary/aromatic N) is 1. The molecule has 21 heavy (non-hydrogen) atoms. The van der Waals surface area contributed by atoms with E-state index in [1.54, 1.807) is 11.3 Å². The van der Waals surface area contributed by atoms with Crippen LogP contribution in [0.1, 0.15) is 34.3 Å². The summed E-state index contributed by atoms with van der Waals surface area (Å²) in [5.41, 5.74) is 1.91. The molecule has 2 heterocycles. The van der Waals surface area contributed by atoms with E-state index in [1.807, 2.05) is 32.0 Å². The Bertz CT molecular complexity index is 778. The summed E-state index contributed by atoms with van der Waals surface area (Å²) in [4.78, 5) is 5.73. The van der Waals surface area contributed by atoms with Gasteiger partial charge in [0.25, 0.3) is 0 Å². The van der Waals surface area contributed by atoms with Crippen LogP contribution in [0.25, 0.3) is 11.0 Å². The number of aryl methyl sites for hydroxylation is 2. The maximum Gasteiger partial charge on any atom is 0.134 e. The third kappa shape index (κ3) is 2.84. The minimum absolute atomic E-state index is 0.0346. The third-order valence-corrected chi connectivity index (χ3v) is 4.76. The Morgan fingerprint density at radius 2 is 2.14 bits per heavy atom. The number of nitrogens with one attached hydrogen (secondary N) is 1. The van der Waals surface area contributed by atoms with Crippen LogP contribution in [0.3, 0.4) is 0 Å². The van der Waals surface area contributed by atoms with Crippen LogP contribution in [0.4, 0.5) is 0 Å². The Morgan fingerprint density at radius 1 is 1.33 bits per heavy atom. The Hall–Kier alpha value is -1.36. The van der Waals surface area contributed by atoms with E-state index in [9.17, 15) is 0 Å². The smallest absolute Gasteiger partial charge is 0.134 e. The SMILES string of the molecule is CCNC(c1cc2cc(Cl)ccc2o1)c1sc(C)nc1C. The first-order valence-electron chi connectivity index (χ1n) is 6.94. The number of furan rings is 1. The molecule has 0 saturated carbocycles. The van der Waals surface area contributed by atoms with Crippen molar-refractivity contribution in [3.63, 3.8) is 0 Å². The van der Waals surface area contributed by atoms with Gasteiger partial charge in [-0.25, -0.2) is 4.98 Å². The first-order chi connectivity index (χ1) is 10.1. The standard InChI is InChI=1S/C16H17ClN2OS/c1-4-18-15(16-9(2)19-10(3)21-16)14-8-11-7-12(17)5-6-13(11)20-14/h5-8,15,18H,4H2,1-3H3. The van der Waals surface area contributed by atoms with Gasteiger partial charge in [0.2, 0.25) is 0 Å². The molecule has 1 atom stereocenters. The molecule has 110 valence electrons. The van der Waals surface area contributed by atoms with Gasteiger partial charge >= 0.3 is 0 Å². The zero-order chi connectivity index (χ0) is 15.0. The second-order valence-electron chi connectivity index (χ2n) is 5.00. The number of benzene rings is 1. The largest absolute Gasteiger partial charge is 0.459 e. The summed E-state index contributed by atoms with van der Waals surface area (Å²) in [5, 5.41) is 6.31. The van der Waals surface area contributed by atoms with Crippen LogP contribution in [-0.4, -0.2) is 11.5 Å². The first kappa shape index (κ1) is 14.6. The molecule has 0 radical (unpaired) electrons. The van der Waals surface area contributed by atoms with Gasteiger partial charge in [0.05, 0.1) is 15.6 Å². The molecule has 3 rings (SSSR count). The van der Waals surface area contributed by atoms with Gasteiger partial charge in [-0.3, -0.25) is 0 Å². The van der Waals surface area contributed by atoms with Crippen molar-refractivity contribution in [3.8, 4) is 0 Å². The number of halogens is 1. The summed E-state index contributed by atoms with van der Waals surface area (Å²) in [5.74, 6) is 0.904. The predicted molar refractivity (Wildman–Crippen MR) is 88.3 cm³/mol. The lowest BCUT2D eigenvalue weighted by Crippen LogP contribution is -2.21. The fourth-order valence-corrected chi connectivity index (χ4v) is 3.71. The minimum atomic E-state index is 0.0346. The van der Waals surface area contributed by atoms with Gasteiger partial charge in [0, 0.05) is 10.4 Å². The summed E-state index contributed by atoms with van der Waals surface area (Å²) in [6.07, 6.45) is 0. The molecular formula is C16H17ClN2OS. The van der Waals surface area contributed by atoms with Gasteiger partial charge < -0.3 is 9.73 Å². The van der Waals surface area contributed by atoms with Crippen molar-refractivity contribution in [3.05, 3.63) is 50.6 Å². The molecule has 0 amide bonds. The van der Waals surface area contributed by atoms with Crippen molar-refractivity contribution in [1.29, 1.82) is 0 Å². The summed E-state index contributed by atoms with van der Waals surface area (Å²) in [6.45, 7) is 7.03. The fraction of sp³-hybridized carbons (Fsp3) is 0.312. The molecule has 0 aliphatic heterocycles. The lowest BCUT2D eigenvalue weighted by Gasteiger charge is -2.14. The van der Waals surface area contributed by atoms with Crippen molar-refractivity contribution in [2.75, 3.05) is 6.54 Å². The molecule has 0 bridgehead atoms. The number of hydrogen-bond acceptors (Lipinski definition) is 4. The normalized spacial score (nSPS) is 13.0. The number of rotatable bonds is 4. The Kier molecular flexibility index (Phi) is 4.02. The van der Waals surface area contributed by atoms with E-state index in [4.69, 9.17) is 16.0 Å². The fourth-order valence-electron chi connectivity index (χ4n) is 2.52. The van der Waals surface area contributed by atoms with Crippen LogP contribution in [0, 0.1) is 13.8 Å². The Balaban J connectivity index is 2.08. The van der Waals surface area contributed by atoms with Crippen LogP contribution < -0.4 is 5.32 Å². The molecule has 0 spiro atoms. The molecule has 0 aliphatic carbocycles. The van der Waals surface area contributed by atoms with Gasteiger partial charge in [-0.05, 0) is 44.7 Å². The average molecular weight is 321 g/mol. The van der Waals surface area contributed by atoms with E-state index in [2.05, 4.69) is 23.3 Å². The molecule has 0 fully saturated rings.